The SMILES string of the molecule is O=S(=O)(OC(=CO)c1ccc(-c2ccc(C(O)=CO)cc2)cc1)c1ccccc1. The van der Waals surface area contributed by atoms with Crippen molar-refractivity contribution in [2.45, 2.75) is 4.90 Å². The molecular weight excluding hydrogens is 392 g/mol. The van der Waals surface area contributed by atoms with Gasteiger partial charge in [0.05, 0.1) is 0 Å². The van der Waals surface area contributed by atoms with E-state index in [4.69, 9.17) is 9.29 Å². The first-order valence-electron chi connectivity index (χ1n) is 8.53. The van der Waals surface area contributed by atoms with Gasteiger partial charge in [0.15, 0.2) is 11.5 Å². The Morgan fingerprint density at radius 1 is 0.724 bits per heavy atom. The molecule has 0 aliphatic carbocycles. The van der Waals surface area contributed by atoms with Crippen LogP contribution in [0.5, 0.6) is 0 Å². The van der Waals surface area contributed by atoms with E-state index in [9.17, 15) is 18.6 Å². The predicted molar refractivity (Wildman–Crippen MR) is 110 cm³/mol. The molecule has 0 unspecified atom stereocenters. The molecule has 3 aromatic rings. The Morgan fingerprint density at radius 3 is 1.72 bits per heavy atom. The quantitative estimate of drug-likeness (QED) is 0.389. The Morgan fingerprint density at radius 2 is 1.24 bits per heavy atom. The van der Waals surface area contributed by atoms with Crippen molar-refractivity contribution in [3.63, 3.8) is 0 Å². The standard InChI is InChI=1S/C22H18O6S/c23-14-21(25)18-10-6-16(7-11-18)17-8-12-19(13-9-17)22(15-24)28-29(26,27)20-4-2-1-3-5-20/h1-15,23-25H. The largest absolute Gasteiger partial charge is 0.512 e. The lowest BCUT2D eigenvalue weighted by molar-refractivity contribution is 0.424. The fourth-order valence-electron chi connectivity index (χ4n) is 2.63. The summed E-state index contributed by atoms with van der Waals surface area (Å²) in [6.45, 7) is 0. The van der Waals surface area contributed by atoms with Gasteiger partial charge in [0.1, 0.15) is 17.4 Å². The zero-order valence-electron chi connectivity index (χ0n) is 15.1. The number of aliphatic hydroxyl groups is 3. The van der Waals surface area contributed by atoms with E-state index < -0.39 is 10.1 Å². The van der Waals surface area contributed by atoms with E-state index in [1.165, 1.54) is 12.1 Å². The third kappa shape index (κ3) is 4.59. The summed E-state index contributed by atoms with van der Waals surface area (Å²) in [4.78, 5) is -0.0174. The van der Waals surface area contributed by atoms with Crippen molar-refractivity contribution in [1.29, 1.82) is 0 Å². The summed E-state index contributed by atoms with van der Waals surface area (Å²) in [5, 5.41) is 27.8. The smallest absolute Gasteiger partial charge is 0.339 e. The molecular formula is C22H18O6S. The molecule has 3 N–H and O–H groups in total. The van der Waals surface area contributed by atoms with E-state index in [-0.39, 0.29) is 16.4 Å². The van der Waals surface area contributed by atoms with Gasteiger partial charge in [-0.05, 0) is 23.3 Å². The second kappa shape index (κ2) is 8.53. The molecule has 0 amide bonds. The zero-order valence-corrected chi connectivity index (χ0v) is 16.0. The molecule has 0 saturated heterocycles. The molecule has 3 aromatic carbocycles. The van der Waals surface area contributed by atoms with Crippen LogP contribution in [0.1, 0.15) is 11.1 Å². The van der Waals surface area contributed by atoms with Crippen LogP contribution in [-0.4, -0.2) is 23.7 Å². The first kappa shape index (κ1) is 20.0. The van der Waals surface area contributed by atoms with Crippen LogP contribution in [0.2, 0.25) is 0 Å². The highest BCUT2D eigenvalue weighted by atomic mass is 32.2. The van der Waals surface area contributed by atoms with Gasteiger partial charge in [-0.15, -0.1) is 0 Å². The van der Waals surface area contributed by atoms with E-state index in [0.29, 0.717) is 23.7 Å². The molecule has 0 aromatic heterocycles. The van der Waals surface area contributed by atoms with E-state index in [2.05, 4.69) is 0 Å². The van der Waals surface area contributed by atoms with Crippen LogP contribution in [0, 0.1) is 0 Å². The summed E-state index contributed by atoms with van der Waals surface area (Å²) >= 11 is 0. The first-order valence-corrected chi connectivity index (χ1v) is 9.94. The van der Waals surface area contributed by atoms with Gasteiger partial charge in [0.25, 0.3) is 0 Å². The fraction of sp³-hybridized carbons (Fsp3) is 0. The molecule has 6 nitrogen and oxygen atoms in total. The van der Waals surface area contributed by atoms with E-state index in [0.717, 1.165) is 11.1 Å². The molecule has 0 radical (unpaired) electrons. The Bertz CT molecular complexity index is 1130. The highest BCUT2D eigenvalue weighted by molar-refractivity contribution is 7.87. The average molecular weight is 410 g/mol. The number of hydrogen-bond acceptors (Lipinski definition) is 6. The van der Waals surface area contributed by atoms with Crippen LogP contribution in [0.4, 0.5) is 0 Å². The lowest BCUT2D eigenvalue weighted by atomic mass is 10.0. The Hall–Kier alpha value is -3.71. The molecule has 0 spiro atoms. The number of benzene rings is 3. The minimum Gasteiger partial charge on any atom is -0.512 e. The summed E-state index contributed by atoms with van der Waals surface area (Å²) in [5.41, 5.74) is 2.53. The van der Waals surface area contributed by atoms with Gasteiger partial charge in [0.2, 0.25) is 0 Å². The molecule has 0 saturated carbocycles. The maximum Gasteiger partial charge on any atom is 0.339 e. The van der Waals surface area contributed by atoms with Gasteiger partial charge < -0.3 is 19.5 Å². The van der Waals surface area contributed by atoms with E-state index in [1.54, 1.807) is 66.7 Å². The van der Waals surface area contributed by atoms with Crippen molar-refractivity contribution in [1.82, 2.24) is 0 Å². The van der Waals surface area contributed by atoms with Gasteiger partial charge >= 0.3 is 10.1 Å². The average Bonchev–Trinajstić information content (AvgIpc) is 2.78. The summed E-state index contributed by atoms with van der Waals surface area (Å²) in [6.07, 6.45) is 1.23. The topological polar surface area (TPSA) is 104 Å². The molecule has 0 fully saturated rings. The third-order valence-corrected chi connectivity index (χ3v) is 5.40. The fourth-order valence-corrected chi connectivity index (χ4v) is 3.59. The molecule has 0 heterocycles. The molecule has 0 aliphatic rings. The van der Waals surface area contributed by atoms with Gasteiger partial charge in [-0.3, -0.25) is 0 Å². The zero-order chi connectivity index (χ0) is 20.9. The minimum atomic E-state index is -4.08. The normalized spacial score (nSPS) is 12.6. The van der Waals surface area contributed by atoms with Crippen molar-refractivity contribution in [2.24, 2.45) is 0 Å². The van der Waals surface area contributed by atoms with Crippen molar-refractivity contribution < 1.29 is 27.9 Å². The number of aliphatic hydroxyl groups excluding tert-OH is 3. The summed E-state index contributed by atoms with van der Waals surface area (Å²) in [6, 6.07) is 21.2. The second-order valence-corrected chi connectivity index (χ2v) is 7.56. The van der Waals surface area contributed by atoms with E-state index >= 15 is 0 Å². The lowest BCUT2D eigenvalue weighted by Gasteiger charge is -2.11. The van der Waals surface area contributed by atoms with Crippen molar-refractivity contribution in [3.05, 3.63) is 103 Å². The van der Waals surface area contributed by atoms with Crippen molar-refractivity contribution in [2.75, 3.05) is 0 Å². The van der Waals surface area contributed by atoms with Gasteiger partial charge in [0, 0.05) is 11.1 Å². The van der Waals surface area contributed by atoms with Crippen LogP contribution in [0.25, 0.3) is 22.6 Å². The van der Waals surface area contributed by atoms with Crippen LogP contribution >= 0.6 is 0 Å². The highest BCUT2D eigenvalue weighted by Crippen LogP contribution is 2.26. The predicted octanol–water partition coefficient (Wildman–Crippen LogP) is 5.03. The lowest BCUT2D eigenvalue weighted by Crippen LogP contribution is -2.06. The van der Waals surface area contributed by atoms with Crippen LogP contribution in [0.3, 0.4) is 0 Å². The summed E-state index contributed by atoms with van der Waals surface area (Å²) < 4.78 is 29.8. The van der Waals surface area contributed by atoms with Crippen LogP contribution in [0.15, 0.2) is 96.3 Å². The van der Waals surface area contributed by atoms with Crippen LogP contribution in [-0.2, 0) is 14.3 Å². The Balaban J connectivity index is 1.81. The molecule has 3 rings (SSSR count). The molecule has 29 heavy (non-hydrogen) atoms. The Kier molecular flexibility index (Phi) is 5.90. The molecule has 7 heteroatoms. The maximum absolute atomic E-state index is 12.4. The van der Waals surface area contributed by atoms with Crippen molar-refractivity contribution in [3.8, 4) is 11.1 Å². The van der Waals surface area contributed by atoms with Gasteiger partial charge in [-0.2, -0.15) is 8.42 Å². The maximum atomic E-state index is 12.4. The van der Waals surface area contributed by atoms with E-state index in [1.807, 2.05) is 0 Å². The molecule has 0 atom stereocenters. The van der Waals surface area contributed by atoms with Gasteiger partial charge in [-0.25, -0.2) is 0 Å². The second-order valence-electron chi connectivity index (χ2n) is 6.01. The number of rotatable bonds is 6. The monoisotopic (exact) mass is 410 g/mol. The minimum absolute atomic E-state index is 0.0174. The summed E-state index contributed by atoms with van der Waals surface area (Å²) in [7, 11) is -4.08. The third-order valence-electron chi connectivity index (χ3n) is 4.15. The van der Waals surface area contributed by atoms with Gasteiger partial charge in [-0.1, -0.05) is 66.7 Å². The highest BCUT2D eigenvalue weighted by Gasteiger charge is 2.19. The van der Waals surface area contributed by atoms with Crippen molar-refractivity contribution >= 4 is 21.6 Å². The Labute approximate surface area is 168 Å². The van der Waals surface area contributed by atoms with Crippen LogP contribution < -0.4 is 0 Å². The summed E-state index contributed by atoms with van der Waals surface area (Å²) in [5.74, 6) is -0.435. The first-order chi connectivity index (χ1) is 13.9. The molecule has 148 valence electrons. The molecule has 0 aliphatic heterocycles. The number of hydrogen-bond donors (Lipinski definition) is 3. The molecule has 0 bridgehead atoms.